The van der Waals surface area contributed by atoms with Gasteiger partial charge in [0.25, 0.3) is 0 Å². The number of nitrogens with zero attached hydrogens (tertiary/aromatic N) is 1. The van der Waals surface area contributed by atoms with E-state index in [0.717, 1.165) is 17.8 Å². The summed E-state index contributed by atoms with van der Waals surface area (Å²) in [6, 6.07) is 2.20. The molecule has 1 N–H and O–H groups in total. The number of anilines is 1. The van der Waals surface area contributed by atoms with Crippen molar-refractivity contribution >= 4 is 5.69 Å². The Morgan fingerprint density at radius 3 is 2.43 bits per heavy atom. The van der Waals surface area contributed by atoms with Gasteiger partial charge in [-0.1, -0.05) is 27.7 Å². The maximum absolute atomic E-state index is 4.38. The molecule has 0 aliphatic heterocycles. The maximum atomic E-state index is 4.38. The molecule has 14 heavy (non-hydrogen) atoms. The van der Waals surface area contributed by atoms with Crippen LogP contribution in [0.1, 0.15) is 39.0 Å². The van der Waals surface area contributed by atoms with Gasteiger partial charge in [0.05, 0.1) is 11.9 Å². The lowest BCUT2D eigenvalue weighted by Gasteiger charge is -2.23. The number of hydrogen-bond acceptors (Lipinski definition) is 2. The Balaban J connectivity index is 3.22. The summed E-state index contributed by atoms with van der Waals surface area (Å²) in [5.74, 6) is 0. The van der Waals surface area contributed by atoms with Crippen molar-refractivity contribution in [3.8, 4) is 0 Å². The van der Waals surface area contributed by atoms with Gasteiger partial charge in [-0.05, 0) is 23.5 Å². The van der Waals surface area contributed by atoms with Crippen LogP contribution in [0.4, 0.5) is 5.69 Å². The summed E-state index contributed by atoms with van der Waals surface area (Å²) in [5, 5.41) is 3.19. The third kappa shape index (κ3) is 2.25. The van der Waals surface area contributed by atoms with E-state index >= 15 is 0 Å². The average Bonchev–Trinajstić information content (AvgIpc) is 2.15. The fourth-order valence-electron chi connectivity index (χ4n) is 1.51. The van der Waals surface area contributed by atoms with Crippen LogP contribution in [0.25, 0.3) is 0 Å². The molecular weight excluding hydrogens is 172 g/mol. The topological polar surface area (TPSA) is 24.9 Å². The molecule has 2 heteroatoms. The van der Waals surface area contributed by atoms with Crippen LogP contribution in [0.2, 0.25) is 0 Å². The van der Waals surface area contributed by atoms with Gasteiger partial charge in [-0.2, -0.15) is 0 Å². The minimum absolute atomic E-state index is 0.172. The fourth-order valence-corrected chi connectivity index (χ4v) is 1.51. The maximum Gasteiger partial charge on any atom is 0.0562 e. The summed E-state index contributed by atoms with van der Waals surface area (Å²) < 4.78 is 0. The third-order valence-corrected chi connectivity index (χ3v) is 2.40. The molecule has 2 nitrogen and oxygen atoms in total. The Morgan fingerprint density at radius 1 is 1.36 bits per heavy atom. The second-order valence-electron chi connectivity index (χ2n) is 4.57. The van der Waals surface area contributed by atoms with Crippen molar-refractivity contribution in [1.29, 1.82) is 0 Å². The van der Waals surface area contributed by atoms with Gasteiger partial charge in [0.15, 0.2) is 0 Å². The zero-order valence-corrected chi connectivity index (χ0v) is 9.81. The predicted octanol–water partition coefficient (Wildman–Crippen LogP) is 2.98. The molecule has 0 saturated heterocycles. The average molecular weight is 192 g/mol. The van der Waals surface area contributed by atoms with Crippen LogP contribution in [-0.4, -0.2) is 12.0 Å². The summed E-state index contributed by atoms with van der Waals surface area (Å²) in [7, 11) is 1.94. The van der Waals surface area contributed by atoms with E-state index in [1.54, 1.807) is 0 Å². The third-order valence-electron chi connectivity index (χ3n) is 2.40. The number of rotatable bonds is 2. The molecule has 0 unspecified atom stereocenters. The highest BCUT2D eigenvalue weighted by Gasteiger charge is 2.18. The van der Waals surface area contributed by atoms with Gasteiger partial charge in [-0.25, -0.2) is 0 Å². The minimum atomic E-state index is 0.172. The van der Waals surface area contributed by atoms with Crippen LogP contribution >= 0.6 is 0 Å². The lowest BCUT2D eigenvalue weighted by Crippen LogP contribution is -2.15. The molecule has 0 bridgehead atoms. The monoisotopic (exact) mass is 192 g/mol. The van der Waals surface area contributed by atoms with Gasteiger partial charge < -0.3 is 5.32 Å². The van der Waals surface area contributed by atoms with E-state index in [-0.39, 0.29) is 5.41 Å². The van der Waals surface area contributed by atoms with E-state index in [1.165, 1.54) is 5.56 Å². The van der Waals surface area contributed by atoms with Crippen molar-refractivity contribution in [2.45, 2.75) is 39.5 Å². The first-order chi connectivity index (χ1) is 6.49. The molecule has 0 aromatic carbocycles. The van der Waals surface area contributed by atoms with Crippen molar-refractivity contribution < 1.29 is 0 Å². The summed E-state index contributed by atoms with van der Waals surface area (Å²) in [5.41, 5.74) is 3.81. The molecule has 0 fully saturated rings. The molecule has 1 heterocycles. The minimum Gasteiger partial charge on any atom is -0.387 e. The van der Waals surface area contributed by atoms with Gasteiger partial charge in [0.2, 0.25) is 0 Å². The van der Waals surface area contributed by atoms with Crippen LogP contribution in [0, 0.1) is 0 Å². The molecule has 1 rings (SSSR count). The van der Waals surface area contributed by atoms with E-state index in [4.69, 9.17) is 0 Å². The van der Waals surface area contributed by atoms with Crippen LogP contribution in [0.15, 0.2) is 12.3 Å². The number of aromatic nitrogens is 1. The van der Waals surface area contributed by atoms with Crippen molar-refractivity contribution in [2.75, 3.05) is 12.4 Å². The highest BCUT2D eigenvalue weighted by molar-refractivity contribution is 5.52. The Kier molecular flexibility index (Phi) is 3.14. The zero-order chi connectivity index (χ0) is 10.8. The van der Waals surface area contributed by atoms with Crippen molar-refractivity contribution in [3.63, 3.8) is 0 Å². The van der Waals surface area contributed by atoms with Crippen LogP contribution in [0.5, 0.6) is 0 Å². The molecule has 1 aromatic heterocycles. The van der Waals surface area contributed by atoms with Gasteiger partial charge in [-0.3, -0.25) is 4.98 Å². The second kappa shape index (κ2) is 3.99. The van der Waals surface area contributed by atoms with Crippen molar-refractivity contribution in [3.05, 3.63) is 23.5 Å². The molecule has 0 spiro atoms. The van der Waals surface area contributed by atoms with E-state index in [2.05, 4.69) is 44.1 Å². The Bertz CT molecular complexity index is 311. The molecule has 0 amide bonds. The standard InChI is InChI=1S/C12H20N2/c1-6-9-7-10(12(2,3)4)11(13-5)8-14-9/h7-8,13H,6H2,1-5H3. The van der Waals surface area contributed by atoms with E-state index in [1.807, 2.05) is 13.2 Å². The fraction of sp³-hybridized carbons (Fsp3) is 0.583. The van der Waals surface area contributed by atoms with Crippen LogP contribution in [-0.2, 0) is 11.8 Å². The highest BCUT2D eigenvalue weighted by Crippen LogP contribution is 2.29. The zero-order valence-electron chi connectivity index (χ0n) is 9.81. The Hall–Kier alpha value is -1.05. The lowest BCUT2D eigenvalue weighted by molar-refractivity contribution is 0.590. The van der Waals surface area contributed by atoms with Gasteiger partial charge >= 0.3 is 0 Å². The lowest BCUT2D eigenvalue weighted by atomic mass is 9.86. The summed E-state index contributed by atoms with van der Waals surface area (Å²) in [4.78, 5) is 4.38. The smallest absolute Gasteiger partial charge is 0.0562 e. The van der Waals surface area contributed by atoms with Crippen molar-refractivity contribution in [1.82, 2.24) is 4.98 Å². The summed E-state index contributed by atoms with van der Waals surface area (Å²) in [6.45, 7) is 8.81. The largest absolute Gasteiger partial charge is 0.387 e. The van der Waals surface area contributed by atoms with E-state index in [0.29, 0.717) is 0 Å². The molecule has 1 aromatic rings. The van der Waals surface area contributed by atoms with Crippen LogP contribution < -0.4 is 5.32 Å². The number of pyridine rings is 1. The quantitative estimate of drug-likeness (QED) is 0.779. The summed E-state index contributed by atoms with van der Waals surface area (Å²) in [6.07, 6.45) is 2.92. The first-order valence-corrected chi connectivity index (χ1v) is 5.16. The first-order valence-electron chi connectivity index (χ1n) is 5.16. The number of nitrogens with one attached hydrogen (secondary N) is 1. The second-order valence-corrected chi connectivity index (χ2v) is 4.57. The molecular formula is C12H20N2. The molecule has 0 aliphatic carbocycles. The predicted molar refractivity (Wildman–Crippen MR) is 61.9 cm³/mol. The Morgan fingerprint density at radius 2 is 2.00 bits per heavy atom. The molecule has 0 atom stereocenters. The van der Waals surface area contributed by atoms with Gasteiger partial charge in [0, 0.05) is 12.7 Å². The Labute approximate surface area is 86.8 Å². The van der Waals surface area contributed by atoms with Gasteiger partial charge in [-0.15, -0.1) is 0 Å². The molecule has 0 saturated carbocycles. The molecule has 78 valence electrons. The first kappa shape index (κ1) is 11.0. The van der Waals surface area contributed by atoms with Gasteiger partial charge in [0.1, 0.15) is 0 Å². The molecule has 0 aliphatic rings. The highest BCUT2D eigenvalue weighted by atomic mass is 14.9. The van der Waals surface area contributed by atoms with E-state index in [9.17, 15) is 0 Å². The van der Waals surface area contributed by atoms with Crippen LogP contribution in [0.3, 0.4) is 0 Å². The molecule has 0 radical (unpaired) electrons. The number of aryl methyl sites for hydroxylation is 1. The number of hydrogen-bond donors (Lipinski definition) is 1. The normalized spacial score (nSPS) is 11.5. The van der Waals surface area contributed by atoms with Crippen molar-refractivity contribution in [2.24, 2.45) is 0 Å². The SMILES string of the molecule is CCc1cc(C(C)(C)C)c(NC)cn1. The summed E-state index contributed by atoms with van der Waals surface area (Å²) >= 11 is 0. The van der Waals surface area contributed by atoms with E-state index < -0.39 is 0 Å².